The van der Waals surface area contributed by atoms with E-state index in [1.807, 2.05) is 36.4 Å². The van der Waals surface area contributed by atoms with E-state index in [-0.39, 0.29) is 11.8 Å². The van der Waals surface area contributed by atoms with Crippen LogP contribution in [0, 0.1) is 0 Å². The van der Waals surface area contributed by atoms with Gasteiger partial charge in [-0.2, -0.15) is 5.10 Å². The van der Waals surface area contributed by atoms with Crippen LogP contribution in [0.2, 0.25) is 0 Å². The molecule has 1 aliphatic heterocycles. The van der Waals surface area contributed by atoms with E-state index in [0.717, 1.165) is 17.7 Å². The number of methoxy groups -OCH3 is 1. The molecule has 144 valence electrons. The monoisotopic (exact) mass is 370 g/mol. The first kappa shape index (κ1) is 19.1. The Morgan fingerprint density at radius 2 is 2.07 bits per heavy atom. The number of anilines is 1. The van der Waals surface area contributed by atoms with Crippen molar-refractivity contribution < 1.29 is 14.3 Å². The molecule has 0 bridgehead atoms. The van der Waals surface area contributed by atoms with Crippen molar-refractivity contribution in [2.45, 2.75) is 31.7 Å². The number of hydrogen-bond acceptors (Lipinski definition) is 4. The number of nitrogens with zero attached hydrogens (tertiary/aromatic N) is 3. The fraction of sp³-hybridized carbons (Fsp3) is 0.450. The van der Waals surface area contributed by atoms with Gasteiger partial charge < -0.3 is 15.0 Å². The Morgan fingerprint density at radius 1 is 1.30 bits per heavy atom. The summed E-state index contributed by atoms with van der Waals surface area (Å²) in [5, 5.41) is 7.30. The van der Waals surface area contributed by atoms with Crippen LogP contribution in [-0.2, 0) is 34.2 Å². The number of nitrogens with one attached hydrogen (secondary N) is 1. The Labute approximate surface area is 159 Å². The van der Waals surface area contributed by atoms with E-state index in [1.54, 1.807) is 23.7 Å². The predicted molar refractivity (Wildman–Crippen MR) is 102 cm³/mol. The average Bonchev–Trinajstić information content (AvgIpc) is 3.28. The van der Waals surface area contributed by atoms with Crippen LogP contribution in [0.25, 0.3) is 0 Å². The molecule has 27 heavy (non-hydrogen) atoms. The molecule has 1 unspecified atom stereocenters. The zero-order valence-electron chi connectivity index (χ0n) is 15.9. The lowest BCUT2D eigenvalue weighted by Crippen LogP contribution is -2.44. The smallest absolute Gasteiger partial charge is 0.248 e. The van der Waals surface area contributed by atoms with E-state index in [2.05, 4.69) is 10.4 Å². The van der Waals surface area contributed by atoms with Crippen LogP contribution < -0.4 is 5.32 Å². The third-order valence-electron chi connectivity index (χ3n) is 4.82. The summed E-state index contributed by atoms with van der Waals surface area (Å²) >= 11 is 0. The molecule has 7 nitrogen and oxygen atoms in total. The molecule has 1 aliphatic rings. The van der Waals surface area contributed by atoms with E-state index < -0.39 is 6.04 Å². The summed E-state index contributed by atoms with van der Waals surface area (Å²) in [5.74, 6) is 0.466. The summed E-state index contributed by atoms with van der Waals surface area (Å²) < 4.78 is 6.71. The molecule has 1 saturated heterocycles. The summed E-state index contributed by atoms with van der Waals surface area (Å²) in [6, 6.07) is 11.0. The van der Waals surface area contributed by atoms with Gasteiger partial charge in [-0.05, 0) is 18.4 Å². The van der Waals surface area contributed by atoms with Crippen molar-refractivity contribution in [3.8, 4) is 0 Å². The molecule has 1 fully saturated rings. The first-order valence-corrected chi connectivity index (χ1v) is 9.24. The van der Waals surface area contributed by atoms with Gasteiger partial charge in [-0.25, -0.2) is 0 Å². The number of carbonyl (C=O) groups excluding carboxylic acids is 2. The molecular formula is C20H26N4O3. The number of carbonyl (C=O) groups is 2. The number of hydrogen-bond donors (Lipinski definition) is 1. The van der Waals surface area contributed by atoms with Crippen molar-refractivity contribution >= 4 is 17.6 Å². The van der Waals surface area contributed by atoms with Crippen LogP contribution in [0.15, 0.2) is 36.4 Å². The maximum absolute atomic E-state index is 12.8. The lowest BCUT2D eigenvalue weighted by Gasteiger charge is -2.24. The van der Waals surface area contributed by atoms with Crippen molar-refractivity contribution in [3.05, 3.63) is 47.7 Å². The molecule has 1 aromatic heterocycles. The third-order valence-corrected chi connectivity index (χ3v) is 4.82. The van der Waals surface area contributed by atoms with E-state index in [1.165, 1.54) is 0 Å². The normalized spacial score (nSPS) is 16.5. The van der Waals surface area contributed by atoms with Gasteiger partial charge in [0.15, 0.2) is 0 Å². The van der Waals surface area contributed by atoms with Crippen LogP contribution >= 0.6 is 0 Å². The quantitative estimate of drug-likeness (QED) is 0.806. The fourth-order valence-electron chi connectivity index (χ4n) is 3.39. The molecule has 0 radical (unpaired) electrons. The van der Waals surface area contributed by atoms with Crippen LogP contribution in [0.3, 0.4) is 0 Å². The zero-order chi connectivity index (χ0) is 19.2. The number of aromatic nitrogens is 2. The minimum absolute atomic E-state index is 0.00959. The van der Waals surface area contributed by atoms with Gasteiger partial charge in [-0.3, -0.25) is 14.3 Å². The van der Waals surface area contributed by atoms with Gasteiger partial charge in [0.25, 0.3) is 0 Å². The molecule has 2 aromatic rings. The fourth-order valence-corrected chi connectivity index (χ4v) is 3.39. The second-order valence-corrected chi connectivity index (χ2v) is 6.78. The van der Waals surface area contributed by atoms with Crippen molar-refractivity contribution in [2.75, 3.05) is 25.6 Å². The lowest BCUT2D eigenvalue weighted by atomic mass is 10.1. The highest BCUT2D eigenvalue weighted by molar-refractivity contribution is 5.97. The van der Waals surface area contributed by atoms with E-state index in [9.17, 15) is 9.59 Å². The second kappa shape index (κ2) is 8.81. The van der Waals surface area contributed by atoms with Gasteiger partial charge in [-0.1, -0.05) is 30.3 Å². The number of amides is 2. The van der Waals surface area contributed by atoms with E-state index >= 15 is 0 Å². The Bertz CT molecular complexity index is 788. The maximum atomic E-state index is 12.8. The molecule has 2 amide bonds. The SMILES string of the molecule is COCCc1cc(NC(=O)C2CCCN2C(=O)Cc2ccccc2)n(C)n1. The number of benzene rings is 1. The largest absolute Gasteiger partial charge is 0.384 e. The number of rotatable bonds is 7. The molecule has 3 rings (SSSR count). The summed E-state index contributed by atoms with van der Waals surface area (Å²) in [6.07, 6.45) is 2.52. The zero-order valence-corrected chi connectivity index (χ0v) is 15.9. The van der Waals surface area contributed by atoms with Crippen LogP contribution in [-0.4, -0.2) is 52.8 Å². The lowest BCUT2D eigenvalue weighted by molar-refractivity contribution is -0.136. The Balaban J connectivity index is 1.63. The highest BCUT2D eigenvalue weighted by Gasteiger charge is 2.34. The molecule has 1 N–H and O–H groups in total. The summed E-state index contributed by atoms with van der Waals surface area (Å²) in [5.41, 5.74) is 1.82. The molecule has 0 saturated carbocycles. The molecular weight excluding hydrogens is 344 g/mol. The van der Waals surface area contributed by atoms with E-state index in [0.29, 0.717) is 38.2 Å². The van der Waals surface area contributed by atoms with Crippen molar-refractivity contribution in [3.63, 3.8) is 0 Å². The second-order valence-electron chi connectivity index (χ2n) is 6.78. The Hall–Kier alpha value is -2.67. The molecule has 7 heteroatoms. The molecule has 1 aromatic carbocycles. The predicted octanol–water partition coefficient (Wildman–Crippen LogP) is 1.78. The summed E-state index contributed by atoms with van der Waals surface area (Å²) in [6.45, 7) is 1.20. The van der Waals surface area contributed by atoms with Crippen LogP contribution in [0.4, 0.5) is 5.82 Å². The first-order valence-electron chi connectivity index (χ1n) is 9.24. The molecule has 0 spiro atoms. The molecule has 0 aliphatic carbocycles. The van der Waals surface area contributed by atoms with Crippen LogP contribution in [0.5, 0.6) is 0 Å². The number of likely N-dealkylation sites (tertiary alicyclic amines) is 1. The van der Waals surface area contributed by atoms with Crippen molar-refractivity contribution in [2.24, 2.45) is 7.05 Å². The highest BCUT2D eigenvalue weighted by atomic mass is 16.5. The first-order chi connectivity index (χ1) is 13.1. The highest BCUT2D eigenvalue weighted by Crippen LogP contribution is 2.21. The minimum atomic E-state index is -0.432. The minimum Gasteiger partial charge on any atom is -0.384 e. The number of aryl methyl sites for hydroxylation is 1. The molecule has 1 atom stereocenters. The van der Waals surface area contributed by atoms with Gasteiger partial charge in [0.05, 0.1) is 18.7 Å². The van der Waals surface area contributed by atoms with Gasteiger partial charge in [-0.15, -0.1) is 0 Å². The Kier molecular flexibility index (Phi) is 6.24. The van der Waals surface area contributed by atoms with Crippen molar-refractivity contribution in [1.82, 2.24) is 14.7 Å². The van der Waals surface area contributed by atoms with Gasteiger partial charge >= 0.3 is 0 Å². The summed E-state index contributed by atoms with van der Waals surface area (Å²) in [4.78, 5) is 27.2. The maximum Gasteiger partial charge on any atom is 0.248 e. The standard InChI is InChI=1S/C20H26N4O3/c1-23-18(14-16(22-23)10-12-27-2)21-20(26)17-9-6-11-24(17)19(25)13-15-7-4-3-5-8-15/h3-5,7-8,14,17H,6,9-13H2,1-2H3,(H,21,26). The number of ether oxygens (including phenoxy) is 1. The Morgan fingerprint density at radius 3 is 2.81 bits per heavy atom. The summed E-state index contributed by atoms with van der Waals surface area (Å²) in [7, 11) is 3.44. The van der Waals surface area contributed by atoms with E-state index in [4.69, 9.17) is 4.74 Å². The van der Waals surface area contributed by atoms with Crippen LogP contribution in [0.1, 0.15) is 24.1 Å². The average molecular weight is 370 g/mol. The van der Waals surface area contributed by atoms with Crippen molar-refractivity contribution in [1.29, 1.82) is 0 Å². The molecule has 2 heterocycles. The topological polar surface area (TPSA) is 76.5 Å². The van der Waals surface area contributed by atoms with Gasteiger partial charge in [0, 0.05) is 33.2 Å². The van der Waals surface area contributed by atoms with Gasteiger partial charge in [0.1, 0.15) is 11.9 Å². The van der Waals surface area contributed by atoms with Gasteiger partial charge in [0.2, 0.25) is 11.8 Å². The third kappa shape index (κ3) is 4.74.